The molecule has 148 valence electrons. The smallest absolute Gasteiger partial charge is 0.128 e. The highest BCUT2D eigenvalue weighted by Gasteiger charge is 2.43. The highest BCUT2D eigenvalue weighted by molar-refractivity contribution is 7.19. The number of aliphatic hydroxyl groups is 4. The first-order valence-corrected chi connectivity index (χ1v) is 10.3. The number of fused-ring (bicyclic) bond motifs is 1. The third-order valence-corrected chi connectivity index (χ3v) is 6.54. The molecule has 0 radical (unpaired) electrons. The lowest BCUT2D eigenvalue weighted by Gasteiger charge is -2.39. The minimum atomic E-state index is -1.34. The summed E-state index contributed by atoms with van der Waals surface area (Å²) in [5.41, 5.74) is 0.988. The van der Waals surface area contributed by atoms with Crippen LogP contribution in [0.25, 0.3) is 10.1 Å². The van der Waals surface area contributed by atoms with Crippen molar-refractivity contribution in [3.8, 4) is 5.75 Å². The molecule has 0 bridgehead atoms. The second kappa shape index (κ2) is 8.19. The van der Waals surface area contributed by atoms with E-state index in [1.807, 2.05) is 36.4 Å². The van der Waals surface area contributed by atoms with Crippen molar-refractivity contribution < 1.29 is 25.2 Å². The zero-order valence-electron chi connectivity index (χ0n) is 15.3. The van der Waals surface area contributed by atoms with Gasteiger partial charge >= 0.3 is 0 Å². The lowest BCUT2D eigenvalue weighted by Crippen LogP contribution is -2.56. The molecule has 0 spiro atoms. The molecule has 1 aliphatic rings. The molecule has 2 aromatic carbocycles. The molecule has 0 unspecified atom stereocenters. The van der Waals surface area contributed by atoms with E-state index in [9.17, 15) is 20.4 Å². The number of rotatable bonds is 5. The van der Waals surface area contributed by atoms with E-state index in [-0.39, 0.29) is 13.0 Å². The van der Waals surface area contributed by atoms with Gasteiger partial charge in [-0.15, -0.1) is 11.3 Å². The Labute approximate surface area is 167 Å². The third-order valence-electron chi connectivity index (χ3n) is 5.43. The van der Waals surface area contributed by atoms with Crippen LogP contribution >= 0.6 is 11.3 Å². The second-order valence-electron chi connectivity index (χ2n) is 7.34. The molecular formula is C22H24O5S. The summed E-state index contributed by atoms with van der Waals surface area (Å²) in [6.07, 6.45) is -3.44. The van der Waals surface area contributed by atoms with Gasteiger partial charge in [0, 0.05) is 28.5 Å². The molecule has 4 N–H and O–H groups in total. The van der Waals surface area contributed by atoms with Crippen LogP contribution < -0.4 is 4.74 Å². The van der Waals surface area contributed by atoms with Crippen LogP contribution in [0.3, 0.4) is 0 Å². The van der Waals surface area contributed by atoms with E-state index >= 15 is 0 Å². The predicted octanol–water partition coefficient (Wildman–Crippen LogP) is 2.33. The molecule has 0 amide bonds. The van der Waals surface area contributed by atoms with Crippen molar-refractivity contribution in [1.29, 1.82) is 0 Å². The van der Waals surface area contributed by atoms with E-state index in [0.717, 1.165) is 5.56 Å². The monoisotopic (exact) mass is 400 g/mol. The molecule has 1 saturated carbocycles. The van der Waals surface area contributed by atoms with E-state index < -0.39 is 30.3 Å². The molecule has 5 atom stereocenters. The van der Waals surface area contributed by atoms with Gasteiger partial charge < -0.3 is 25.2 Å². The number of aliphatic hydroxyl groups excluding tert-OH is 4. The standard InChI is InChI=1S/C22H24O5S/c23-12-15-11-18(21(25)22(26)20(15)24)27-17-7-3-1-5-13(17)9-16-10-14-6-2-4-8-19(14)28-16/h1-8,10,15,18,20-26H,9,11-12H2/t15-,18-,20-,21+,22+/m1/s1. The summed E-state index contributed by atoms with van der Waals surface area (Å²) in [7, 11) is 0. The molecule has 4 rings (SSSR count). The van der Waals surface area contributed by atoms with Crippen molar-refractivity contribution >= 4 is 21.4 Å². The van der Waals surface area contributed by atoms with Crippen LogP contribution in [0.1, 0.15) is 16.9 Å². The van der Waals surface area contributed by atoms with Gasteiger partial charge in [-0.05, 0) is 35.6 Å². The molecule has 1 aromatic heterocycles. The van der Waals surface area contributed by atoms with Gasteiger partial charge in [0.25, 0.3) is 0 Å². The fourth-order valence-electron chi connectivity index (χ4n) is 3.82. The van der Waals surface area contributed by atoms with Crippen molar-refractivity contribution in [2.75, 3.05) is 6.61 Å². The van der Waals surface area contributed by atoms with Crippen molar-refractivity contribution in [2.45, 2.75) is 37.3 Å². The van der Waals surface area contributed by atoms with Gasteiger partial charge in [-0.25, -0.2) is 0 Å². The first kappa shape index (κ1) is 19.4. The zero-order valence-corrected chi connectivity index (χ0v) is 16.1. The van der Waals surface area contributed by atoms with Crippen molar-refractivity contribution in [2.24, 2.45) is 5.92 Å². The lowest BCUT2D eigenvalue weighted by atomic mass is 9.81. The molecular weight excluding hydrogens is 376 g/mol. The van der Waals surface area contributed by atoms with Crippen molar-refractivity contribution in [3.05, 3.63) is 65.0 Å². The summed E-state index contributed by atoms with van der Waals surface area (Å²) >= 11 is 1.74. The molecule has 1 fully saturated rings. The number of para-hydroxylation sites is 1. The van der Waals surface area contributed by atoms with Gasteiger partial charge in [-0.3, -0.25) is 0 Å². The summed E-state index contributed by atoms with van der Waals surface area (Å²) in [5, 5.41) is 41.1. The molecule has 0 saturated heterocycles. The Hall–Kier alpha value is -1.96. The minimum absolute atomic E-state index is 0.270. The van der Waals surface area contributed by atoms with E-state index in [2.05, 4.69) is 18.2 Å². The highest BCUT2D eigenvalue weighted by atomic mass is 32.1. The fraction of sp³-hybridized carbons (Fsp3) is 0.364. The van der Waals surface area contributed by atoms with Gasteiger partial charge in [0.15, 0.2) is 0 Å². The summed E-state index contributed by atoms with van der Waals surface area (Å²) in [5.74, 6) is 0.113. The Balaban J connectivity index is 1.56. The Morgan fingerprint density at radius 1 is 0.929 bits per heavy atom. The molecule has 28 heavy (non-hydrogen) atoms. The normalized spacial score (nSPS) is 27.8. The van der Waals surface area contributed by atoms with E-state index in [4.69, 9.17) is 4.74 Å². The molecule has 5 nitrogen and oxygen atoms in total. The molecule has 1 heterocycles. The van der Waals surface area contributed by atoms with Crippen LogP contribution in [0.5, 0.6) is 5.75 Å². The first-order valence-electron chi connectivity index (χ1n) is 9.44. The van der Waals surface area contributed by atoms with Crippen LogP contribution in [0, 0.1) is 5.92 Å². The van der Waals surface area contributed by atoms with Crippen LogP contribution in [0.4, 0.5) is 0 Å². The quantitative estimate of drug-likeness (QED) is 0.528. The van der Waals surface area contributed by atoms with Gasteiger partial charge in [-0.2, -0.15) is 0 Å². The topological polar surface area (TPSA) is 90.2 Å². The number of benzene rings is 2. The summed E-state index contributed by atoms with van der Waals surface area (Å²) < 4.78 is 7.31. The van der Waals surface area contributed by atoms with Crippen LogP contribution in [-0.2, 0) is 6.42 Å². The van der Waals surface area contributed by atoms with E-state index in [0.29, 0.717) is 12.2 Å². The lowest BCUT2D eigenvalue weighted by molar-refractivity contribution is -0.157. The fourth-order valence-corrected chi connectivity index (χ4v) is 4.91. The maximum atomic E-state index is 10.3. The van der Waals surface area contributed by atoms with Gasteiger partial charge in [0.1, 0.15) is 24.1 Å². The van der Waals surface area contributed by atoms with Crippen molar-refractivity contribution in [1.82, 2.24) is 0 Å². The minimum Gasteiger partial charge on any atom is -0.487 e. The van der Waals surface area contributed by atoms with Crippen LogP contribution in [0.15, 0.2) is 54.6 Å². The Bertz CT molecular complexity index is 904. The maximum Gasteiger partial charge on any atom is 0.128 e. The number of ether oxygens (including phenoxy) is 1. The number of hydrogen-bond acceptors (Lipinski definition) is 6. The van der Waals surface area contributed by atoms with Gasteiger partial charge in [0.05, 0.1) is 6.10 Å². The highest BCUT2D eigenvalue weighted by Crippen LogP contribution is 2.33. The third kappa shape index (κ3) is 3.79. The average Bonchev–Trinajstić information content (AvgIpc) is 3.12. The second-order valence-corrected chi connectivity index (χ2v) is 8.51. The summed E-state index contributed by atoms with van der Waals surface area (Å²) in [4.78, 5) is 1.21. The number of hydrogen-bond donors (Lipinski definition) is 4. The average molecular weight is 400 g/mol. The van der Waals surface area contributed by atoms with Crippen LogP contribution in [-0.4, -0.2) is 51.4 Å². The van der Waals surface area contributed by atoms with Gasteiger partial charge in [0.2, 0.25) is 0 Å². The Morgan fingerprint density at radius 2 is 1.68 bits per heavy atom. The Kier molecular flexibility index (Phi) is 5.66. The van der Waals surface area contributed by atoms with Crippen molar-refractivity contribution in [3.63, 3.8) is 0 Å². The molecule has 6 heteroatoms. The molecule has 3 aromatic rings. The van der Waals surface area contributed by atoms with Gasteiger partial charge in [-0.1, -0.05) is 36.4 Å². The molecule has 0 aliphatic heterocycles. The maximum absolute atomic E-state index is 10.3. The van der Waals surface area contributed by atoms with E-state index in [1.54, 1.807) is 11.3 Å². The predicted molar refractivity (Wildman–Crippen MR) is 109 cm³/mol. The largest absolute Gasteiger partial charge is 0.487 e. The molecule has 1 aliphatic carbocycles. The summed E-state index contributed by atoms with van der Waals surface area (Å²) in [6.45, 7) is -0.270. The first-order chi connectivity index (χ1) is 13.6. The van der Waals surface area contributed by atoms with E-state index in [1.165, 1.54) is 15.0 Å². The Morgan fingerprint density at radius 3 is 2.46 bits per heavy atom. The zero-order chi connectivity index (χ0) is 19.7. The summed E-state index contributed by atoms with van der Waals surface area (Å²) in [6, 6.07) is 18.1. The number of thiophene rings is 1. The SMILES string of the molecule is OC[C@H]1C[C@@H](Oc2ccccc2Cc2cc3ccccc3s2)[C@H](O)[C@@H](O)[C@@H]1O. The van der Waals surface area contributed by atoms with Crippen LogP contribution in [0.2, 0.25) is 0 Å².